The molecule has 6 aliphatic heterocycles. The molecule has 49 heavy (non-hydrogen) atoms. The van der Waals surface area contributed by atoms with Gasteiger partial charge in [0.2, 0.25) is 6.23 Å². The van der Waals surface area contributed by atoms with Crippen molar-refractivity contribution in [3.63, 3.8) is 0 Å². The van der Waals surface area contributed by atoms with Crippen LogP contribution in [0.3, 0.4) is 0 Å². The molecule has 6 heterocycles. The SMILES string of the molecule is NC(N)=NC1Oc2ccc(cc2)CCC(S(=O)(=O)O)C2C=C3CC(CC4CC(CO)CC#Cc5cc(O)ccc5C3O4)C2c2ccc1cc2. The number of rotatable bonds is 3. The van der Waals surface area contributed by atoms with E-state index in [9.17, 15) is 23.2 Å². The minimum absolute atomic E-state index is 0.0439. The Morgan fingerprint density at radius 2 is 1.76 bits per heavy atom. The number of hydrogen-bond acceptors (Lipinski definition) is 7. The molecule has 0 aromatic heterocycles. The summed E-state index contributed by atoms with van der Waals surface area (Å²) in [6, 6.07) is 20.2. The van der Waals surface area contributed by atoms with Gasteiger partial charge >= 0.3 is 0 Å². The molecule has 10 rings (SSSR count). The predicted octanol–water partition coefficient (Wildman–Crippen LogP) is 4.88. The van der Waals surface area contributed by atoms with Crippen molar-refractivity contribution < 1.29 is 32.7 Å². The fraction of sp³-hybridized carbons (Fsp3) is 0.395. The molecular formula is C38H41N3O7S. The summed E-state index contributed by atoms with van der Waals surface area (Å²) in [5.74, 6) is 5.91. The number of aliphatic hydroxyl groups excluding tert-OH is 1. The van der Waals surface area contributed by atoms with Gasteiger partial charge in [0.05, 0.1) is 11.4 Å². The second-order valence-corrected chi connectivity index (χ2v) is 15.3. The highest BCUT2D eigenvalue weighted by molar-refractivity contribution is 7.86. The molecule has 0 radical (unpaired) electrons. The molecule has 1 fully saturated rings. The van der Waals surface area contributed by atoms with E-state index in [-0.39, 0.29) is 48.6 Å². The van der Waals surface area contributed by atoms with Gasteiger partial charge in [-0.05, 0) is 90.8 Å². The van der Waals surface area contributed by atoms with E-state index in [1.54, 1.807) is 24.3 Å². The molecule has 1 aliphatic carbocycles. The largest absolute Gasteiger partial charge is 0.508 e. The molecule has 7 N–H and O–H groups in total. The first-order chi connectivity index (χ1) is 23.6. The zero-order chi connectivity index (χ0) is 34.3. The predicted molar refractivity (Wildman–Crippen MR) is 185 cm³/mol. The number of phenols is 1. The zero-order valence-electron chi connectivity index (χ0n) is 27.0. The van der Waals surface area contributed by atoms with Gasteiger partial charge < -0.3 is 31.2 Å². The Hall–Kier alpha value is -4.34. The van der Waals surface area contributed by atoms with E-state index in [4.69, 9.17) is 20.9 Å². The summed E-state index contributed by atoms with van der Waals surface area (Å²) >= 11 is 0. The number of aryl methyl sites for hydroxylation is 1. The molecule has 8 atom stereocenters. The Kier molecular flexibility index (Phi) is 9.15. The molecule has 3 aromatic carbocycles. The van der Waals surface area contributed by atoms with Crippen molar-refractivity contribution in [2.45, 2.75) is 68.1 Å². The van der Waals surface area contributed by atoms with Gasteiger partial charge in [-0.25, -0.2) is 4.99 Å². The molecule has 7 aliphatic rings. The fourth-order valence-corrected chi connectivity index (χ4v) is 9.24. The first-order valence-electron chi connectivity index (χ1n) is 16.7. The van der Waals surface area contributed by atoms with Crippen LogP contribution < -0.4 is 16.2 Å². The van der Waals surface area contributed by atoms with Gasteiger partial charge in [-0.2, -0.15) is 8.42 Å². The van der Waals surface area contributed by atoms with Crippen LogP contribution in [0.5, 0.6) is 11.5 Å². The second kappa shape index (κ2) is 13.5. The molecule has 256 valence electrons. The molecule has 0 spiro atoms. The van der Waals surface area contributed by atoms with Crippen LogP contribution in [-0.4, -0.2) is 47.1 Å². The molecule has 10 nitrogen and oxygen atoms in total. The van der Waals surface area contributed by atoms with Crippen LogP contribution in [0.2, 0.25) is 0 Å². The van der Waals surface area contributed by atoms with Crippen LogP contribution in [0.25, 0.3) is 0 Å². The number of nitrogens with zero attached hydrogens (tertiary/aromatic N) is 1. The summed E-state index contributed by atoms with van der Waals surface area (Å²) in [7, 11) is -4.52. The molecular weight excluding hydrogens is 642 g/mol. The third-order valence-corrected chi connectivity index (χ3v) is 11.7. The maximum atomic E-state index is 13.4. The Labute approximate surface area is 286 Å². The summed E-state index contributed by atoms with van der Waals surface area (Å²) in [6.07, 6.45) is 3.36. The van der Waals surface area contributed by atoms with E-state index in [0.29, 0.717) is 43.4 Å². The van der Waals surface area contributed by atoms with E-state index < -0.39 is 33.6 Å². The van der Waals surface area contributed by atoms with E-state index in [2.05, 4.69) is 16.8 Å². The van der Waals surface area contributed by atoms with Crippen molar-refractivity contribution in [1.82, 2.24) is 0 Å². The van der Waals surface area contributed by atoms with Gasteiger partial charge in [0.1, 0.15) is 17.6 Å². The number of benzene rings is 3. The van der Waals surface area contributed by atoms with Crippen molar-refractivity contribution in [2.75, 3.05) is 6.61 Å². The zero-order valence-corrected chi connectivity index (χ0v) is 27.8. The average Bonchev–Trinajstić information content (AvgIpc) is 3.20. The minimum atomic E-state index is -4.52. The molecule has 8 bridgehead atoms. The number of aliphatic hydroxyl groups is 1. The van der Waals surface area contributed by atoms with Gasteiger partial charge in [-0.15, -0.1) is 0 Å². The lowest BCUT2D eigenvalue weighted by molar-refractivity contribution is -0.0131. The minimum Gasteiger partial charge on any atom is -0.508 e. The monoisotopic (exact) mass is 683 g/mol. The maximum absolute atomic E-state index is 13.4. The van der Waals surface area contributed by atoms with Crippen LogP contribution in [0.15, 0.2) is 83.4 Å². The van der Waals surface area contributed by atoms with Crippen LogP contribution in [0.4, 0.5) is 0 Å². The second-order valence-electron chi connectivity index (χ2n) is 13.7. The maximum Gasteiger partial charge on any atom is 0.268 e. The first-order valence-corrected chi connectivity index (χ1v) is 18.2. The highest BCUT2D eigenvalue weighted by Gasteiger charge is 2.47. The number of aliphatic imine (C=N–C) groups is 1. The van der Waals surface area contributed by atoms with E-state index in [1.165, 1.54) is 0 Å². The van der Waals surface area contributed by atoms with E-state index in [0.717, 1.165) is 27.8 Å². The summed E-state index contributed by atoms with van der Waals surface area (Å²) in [5, 5.41) is 19.5. The van der Waals surface area contributed by atoms with Gasteiger partial charge in [-0.1, -0.05) is 60.4 Å². The molecule has 11 heteroatoms. The van der Waals surface area contributed by atoms with Gasteiger partial charge in [-0.3, -0.25) is 4.55 Å². The van der Waals surface area contributed by atoms with E-state index >= 15 is 0 Å². The third-order valence-electron chi connectivity index (χ3n) is 10.4. The first kappa shape index (κ1) is 33.2. The van der Waals surface area contributed by atoms with Crippen molar-refractivity contribution in [3.8, 4) is 23.3 Å². The summed E-state index contributed by atoms with van der Waals surface area (Å²) in [5.41, 5.74) is 16.5. The van der Waals surface area contributed by atoms with Crippen molar-refractivity contribution >= 4 is 16.1 Å². The van der Waals surface area contributed by atoms with Gasteiger partial charge in [0, 0.05) is 35.6 Å². The number of hydrogen-bond donors (Lipinski definition) is 5. The van der Waals surface area contributed by atoms with Crippen LogP contribution in [-0.2, 0) is 21.3 Å². The number of aromatic hydroxyl groups is 1. The number of phenolic OH excluding ortho intramolecular Hbond substituents is 1. The summed E-state index contributed by atoms with van der Waals surface area (Å²) < 4.78 is 50.8. The van der Waals surface area contributed by atoms with Gasteiger partial charge in [0.15, 0.2) is 5.96 Å². The normalized spacial score (nSPS) is 29.2. The highest BCUT2D eigenvalue weighted by atomic mass is 32.2. The van der Waals surface area contributed by atoms with Crippen molar-refractivity contribution in [2.24, 2.45) is 34.2 Å². The summed E-state index contributed by atoms with van der Waals surface area (Å²) in [4.78, 5) is 4.34. The smallest absolute Gasteiger partial charge is 0.268 e. The summed E-state index contributed by atoms with van der Waals surface area (Å²) in [6.45, 7) is -0.0439. The van der Waals surface area contributed by atoms with Crippen molar-refractivity contribution in [3.05, 3.63) is 106 Å². The molecule has 0 saturated carbocycles. The fourth-order valence-electron chi connectivity index (χ4n) is 8.18. The number of guanidine groups is 1. The number of nitrogens with two attached hydrogens (primary N) is 2. The Morgan fingerprint density at radius 3 is 2.47 bits per heavy atom. The lowest BCUT2D eigenvalue weighted by Crippen LogP contribution is -2.38. The molecule has 3 aromatic rings. The Morgan fingerprint density at radius 1 is 1.00 bits per heavy atom. The number of ether oxygens (including phenoxy) is 2. The Bertz CT molecular complexity index is 1930. The number of fused-ring (bicyclic) bond motifs is 7. The molecule has 1 saturated heterocycles. The van der Waals surface area contributed by atoms with E-state index in [1.807, 2.05) is 48.5 Å². The standard InChI is InChI=1S/C38H41N3O7S/c39-38(40)41-37-25-9-7-24(8-10-25)35-27-17-28(20-33(35)34(49(44,45)46)15-6-22-4-12-30(48-37)13-5-22)36-32-14-11-29(43)18-26(32)3-1-2-23(21-42)16-31(19-27)47-36/h4-5,7-14,18,20,23,27,31,33-37,42-43H,2,6,15-17,19,21H2,(H4,39,40,41)(H,44,45,46). The molecule has 0 amide bonds. The Balaban J connectivity index is 1.41. The van der Waals surface area contributed by atoms with Crippen LogP contribution >= 0.6 is 0 Å². The topological polar surface area (TPSA) is 178 Å². The number of allylic oxidation sites excluding steroid dienone is 1. The highest BCUT2D eigenvalue weighted by Crippen LogP contribution is 2.53. The lowest BCUT2D eigenvalue weighted by Gasteiger charge is -2.40. The third kappa shape index (κ3) is 7.05. The quantitative estimate of drug-likeness (QED) is 0.0847. The average molecular weight is 684 g/mol. The van der Waals surface area contributed by atoms with Crippen LogP contribution in [0.1, 0.15) is 78.2 Å². The van der Waals surface area contributed by atoms with Gasteiger partial charge in [0.25, 0.3) is 10.1 Å². The molecule has 8 unspecified atom stereocenters. The van der Waals surface area contributed by atoms with Crippen LogP contribution in [0, 0.1) is 29.6 Å². The lowest BCUT2D eigenvalue weighted by atomic mass is 9.66. The van der Waals surface area contributed by atoms with Crippen molar-refractivity contribution in [1.29, 1.82) is 0 Å².